The summed E-state index contributed by atoms with van der Waals surface area (Å²) in [5, 5.41) is 0. The van der Waals surface area contributed by atoms with E-state index >= 15 is 0 Å². The van der Waals surface area contributed by atoms with Crippen molar-refractivity contribution in [1.82, 2.24) is 0 Å². The average molecular weight is 301 g/mol. The number of amides is 1. The number of hydrogen-bond donors (Lipinski definition) is 0. The van der Waals surface area contributed by atoms with E-state index < -0.39 is 17.5 Å². The lowest BCUT2D eigenvalue weighted by atomic mass is 9.89. The van der Waals surface area contributed by atoms with Crippen molar-refractivity contribution < 1.29 is 23.9 Å². The fourth-order valence-corrected chi connectivity index (χ4v) is 4.50. The van der Waals surface area contributed by atoms with Crippen molar-refractivity contribution in [3.63, 3.8) is 0 Å². The lowest BCUT2D eigenvalue weighted by Gasteiger charge is -2.34. The summed E-state index contributed by atoms with van der Waals surface area (Å²) in [4.78, 5) is 38.6. The van der Waals surface area contributed by atoms with Crippen LogP contribution >= 0.6 is 0 Å². The third-order valence-corrected chi connectivity index (χ3v) is 5.29. The van der Waals surface area contributed by atoms with E-state index in [1.54, 1.807) is 0 Å². The summed E-state index contributed by atoms with van der Waals surface area (Å²) in [6.07, 6.45) is -0.337. The Kier molecular flexibility index (Phi) is 2.47. The second-order valence-electron chi connectivity index (χ2n) is 5.96. The van der Waals surface area contributed by atoms with E-state index in [1.165, 1.54) is 19.1 Å². The van der Waals surface area contributed by atoms with Crippen LogP contribution in [-0.4, -0.2) is 38.1 Å². The smallest absolute Gasteiger partial charge is 0.414 e. The number of ether oxygens (including phenoxy) is 2. The Hall–Kier alpha value is -2.37. The number of anilines is 1. The van der Waals surface area contributed by atoms with Gasteiger partial charge < -0.3 is 9.47 Å². The highest BCUT2D eigenvalue weighted by atomic mass is 16.5. The highest BCUT2D eigenvalue weighted by Gasteiger charge is 2.83. The average Bonchev–Trinajstić information content (AvgIpc) is 3.16. The molecule has 2 fully saturated rings. The van der Waals surface area contributed by atoms with E-state index in [0.717, 1.165) is 11.3 Å². The minimum absolute atomic E-state index is 0.136. The number of carbonyl (C=O) groups is 3. The van der Waals surface area contributed by atoms with Gasteiger partial charge in [-0.15, -0.1) is 0 Å². The number of fused-ring (bicyclic) bond motifs is 3. The first kappa shape index (κ1) is 13.3. The van der Waals surface area contributed by atoms with E-state index in [-0.39, 0.29) is 30.1 Å². The lowest BCUT2D eigenvalue weighted by molar-refractivity contribution is -0.151. The van der Waals surface area contributed by atoms with E-state index in [9.17, 15) is 14.4 Å². The van der Waals surface area contributed by atoms with Crippen molar-refractivity contribution in [1.29, 1.82) is 0 Å². The molecule has 0 spiro atoms. The van der Waals surface area contributed by atoms with Crippen LogP contribution in [0, 0.1) is 11.3 Å². The molecule has 1 aliphatic heterocycles. The zero-order valence-electron chi connectivity index (χ0n) is 12.2. The highest BCUT2D eigenvalue weighted by Crippen LogP contribution is 2.75. The number of rotatable bonds is 1. The molecular weight excluding hydrogens is 286 g/mol. The van der Waals surface area contributed by atoms with Crippen LogP contribution in [0.5, 0.6) is 0 Å². The van der Waals surface area contributed by atoms with Gasteiger partial charge in [-0.05, 0) is 11.6 Å². The molecule has 1 aromatic rings. The Morgan fingerprint density at radius 1 is 1.23 bits per heavy atom. The zero-order chi connectivity index (χ0) is 15.6. The molecule has 4 unspecified atom stereocenters. The van der Waals surface area contributed by atoms with Crippen molar-refractivity contribution >= 4 is 23.5 Å². The third kappa shape index (κ3) is 1.24. The molecule has 114 valence electrons. The van der Waals surface area contributed by atoms with Crippen molar-refractivity contribution in [3.05, 3.63) is 29.8 Å². The molecule has 0 bridgehead atoms. The number of ketones is 1. The number of Topliss-reactive ketones (excluding diaryl/α,β-unsaturated/α-hetero) is 1. The van der Waals surface area contributed by atoms with Gasteiger partial charge in [-0.3, -0.25) is 14.5 Å². The number of para-hydroxylation sites is 1. The van der Waals surface area contributed by atoms with Crippen molar-refractivity contribution in [2.24, 2.45) is 11.3 Å². The Morgan fingerprint density at radius 2 is 1.95 bits per heavy atom. The summed E-state index contributed by atoms with van der Waals surface area (Å²) in [7, 11) is 2.61. The van der Waals surface area contributed by atoms with Crippen LogP contribution in [0.3, 0.4) is 0 Å². The second-order valence-corrected chi connectivity index (χ2v) is 5.96. The first-order valence-corrected chi connectivity index (χ1v) is 7.16. The van der Waals surface area contributed by atoms with E-state index in [4.69, 9.17) is 9.47 Å². The van der Waals surface area contributed by atoms with Crippen LogP contribution in [-0.2, 0) is 19.1 Å². The van der Waals surface area contributed by atoms with Crippen LogP contribution in [0.25, 0.3) is 0 Å². The van der Waals surface area contributed by atoms with Crippen LogP contribution in [0.4, 0.5) is 10.5 Å². The topological polar surface area (TPSA) is 72.9 Å². The van der Waals surface area contributed by atoms with Gasteiger partial charge in [0.15, 0.2) is 5.78 Å². The predicted molar refractivity (Wildman–Crippen MR) is 75.4 cm³/mol. The molecule has 4 atom stereocenters. The molecule has 2 aliphatic carbocycles. The van der Waals surface area contributed by atoms with Gasteiger partial charge in [0.2, 0.25) is 0 Å². The zero-order valence-corrected chi connectivity index (χ0v) is 12.2. The Balaban J connectivity index is 1.91. The van der Waals surface area contributed by atoms with E-state index in [0.29, 0.717) is 0 Å². The number of nitrogens with zero attached hydrogens (tertiary/aromatic N) is 1. The number of hydrogen-bond acceptors (Lipinski definition) is 5. The molecule has 22 heavy (non-hydrogen) atoms. The Bertz CT molecular complexity index is 714. The maximum atomic E-state index is 12.5. The predicted octanol–water partition coefficient (Wildman–Crippen LogP) is 1.49. The van der Waals surface area contributed by atoms with E-state index in [2.05, 4.69) is 0 Å². The number of esters is 1. The molecule has 0 saturated heterocycles. The summed E-state index contributed by atoms with van der Waals surface area (Å²) in [5.41, 5.74) is 0.449. The van der Waals surface area contributed by atoms with Gasteiger partial charge in [-0.2, -0.15) is 0 Å². The van der Waals surface area contributed by atoms with Gasteiger partial charge >= 0.3 is 12.1 Å². The largest absolute Gasteiger partial charge is 0.468 e. The minimum Gasteiger partial charge on any atom is -0.468 e. The van der Waals surface area contributed by atoms with Crippen LogP contribution < -0.4 is 4.90 Å². The van der Waals surface area contributed by atoms with Gasteiger partial charge in [0.05, 0.1) is 25.9 Å². The van der Waals surface area contributed by atoms with Crippen LogP contribution in [0.2, 0.25) is 0 Å². The summed E-state index contributed by atoms with van der Waals surface area (Å²) in [6.45, 7) is 0. The molecular formula is C16H15NO5. The monoisotopic (exact) mass is 301 g/mol. The number of methoxy groups -OCH3 is 2. The summed E-state index contributed by atoms with van der Waals surface area (Å²) in [6, 6.07) is 7.03. The first-order valence-electron chi connectivity index (χ1n) is 7.16. The minimum atomic E-state index is -1.11. The van der Waals surface area contributed by atoms with Crippen molar-refractivity contribution in [2.45, 2.75) is 18.4 Å². The molecule has 3 aliphatic rings. The Morgan fingerprint density at radius 3 is 2.64 bits per heavy atom. The van der Waals surface area contributed by atoms with Crippen LogP contribution in [0.1, 0.15) is 17.9 Å². The van der Waals surface area contributed by atoms with Crippen LogP contribution in [0.15, 0.2) is 24.3 Å². The normalized spacial score (nSPS) is 33.8. The van der Waals surface area contributed by atoms with Crippen molar-refractivity contribution in [2.75, 3.05) is 19.1 Å². The fraction of sp³-hybridized carbons (Fsp3) is 0.438. The molecule has 6 heteroatoms. The Labute approximate surface area is 127 Å². The SMILES string of the molecule is COC(=O)N1c2ccccc2C2C3C1CC(=O)C23C(=O)OC. The number of benzene rings is 1. The summed E-state index contributed by atoms with van der Waals surface area (Å²) in [5.74, 6) is -1.02. The molecule has 6 nitrogen and oxygen atoms in total. The van der Waals surface area contributed by atoms with Gasteiger partial charge in [0.1, 0.15) is 5.41 Å². The van der Waals surface area contributed by atoms with E-state index in [1.807, 2.05) is 24.3 Å². The third-order valence-electron chi connectivity index (χ3n) is 5.29. The maximum Gasteiger partial charge on any atom is 0.414 e. The number of carbonyl (C=O) groups excluding carboxylic acids is 3. The quantitative estimate of drug-likeness (QED) is 0.580. The molecule has 2 saturated carbocycles. The molecule has 4 rings (SSSR count). The van der Waals surface area contributed by atoms with Crippen molar-refractivity contribution in [3.8, 4) is 0 Å². The maximum absolute atomic E-state index is 12.5. The summed E-state index contributed by atoms with van der Waals surface area (Å²) >= 11 is 0. The first-order chi connectivity index (χ1) is 10.6. The standard InChI is InChI=1S/C16H15NO5/c1-21-14(19)16-11(18)7-10-13(16)12(16)8-5-3-4-6-9(8)17(10)15(20)22-2/h3-6,10,12-13H,7H2,1-2H3. The second kappa shape index (κ2) is 4.09. The molecule has 1 heterocycles. The molecule has 1 amide bonds. The molecule has 1 aromatic carbocycles. The highest BCUT2D eigenvalue weighted by molar-refractivity contribution is 6.14. The molecule has 0 radical (unpaired) electrons. The van der Waals surface area contributed by atoms with Gasteiger partial charge in [-0.25, -0.2) is 4.79 Å². The van der Waals surface area contributed by atoms with Gasteiger partial charge in [-0.1, -0.05) is 18.2 Å². The van der Waals surface area contributed by atoms with Gasteiger partial charge in [0.25, 0.3) is 0 Å². The fourth-order valence-electron chi connectivity index (χ4n) is 4.50. The molecule has 0 aromatic heterocycles. The van der Waals surface area contributed by atoms with Gasteiger partial charge in [0, 0.05) is 18.3 Å². The molecule has 0 N–H and O–H groups in total. The summed E-state index contributed by atoms with van der Waals surface area (Å²) < 4.78 is 9.78. The lowest BCUT2D eigenvalue weighted by Crippen LogP contribution is -2.44.